The molecule has 1 aliphatic rings. The van der Waals surface area contributed by atoms with Crippen molar-refractivity contribution in [2.45, 2.75) is 0 Å². The summed E-state index contributed by atoms with van der Waals surface area (Å²) in [5.41, 5.74) is 0.678. The zero-order chi connectivity index (χ0) is 13.2. The molecule has 0 bridgehead atoms. The topological polar surface area (TPSA) is 100 Å². The minimum Gasteiger partial charge on any atom is -0.454 e. The van der Waals surface area contributed by atoms with E-state index < -0.39 is 0 Å². The molecular weight excluding hydrogens is 248 g/mol. The van der Waals surface area contributed by atoms with Crippen LogP contribution in [0, 0.1) is 11.3 Å². The largest absolute Gasteiger partial charge is 0.454 e. The second-order valence-corrected chi connectivity index (χ2v) is 3.79. The van der Waals surface area contributed by atoms with Crippen LogP contribution in [0.15, 0.2) is 24.4 Å². The highest BCUT2D eigenvalue weighted by Gasteiger charge is 2.17. The third-order valence-electron chi connectivity index (χ3n) is 2.63. The fourth-order valence-electron chi connectivity index (χ4n) is 1.69. The molecule has 0 saturated carbocycles. The number of carbonyl (C=O) groups is 1. The normalized spacial score (nSPS) is 11.9. The number of nitriles is 1. The molecule has 2 heterocycles. The van der Waals surface area contributed by atoms with Crippen LogP contribution in [0.4, 0.5) is 5.82 Å². The lowest BCUT2D eigenvalue weighted by atomic mass is 10.2. The highest BCUT2D eigenvalue weighted by Crippen LogP contribution is 2.32. The molecule has 0 spiro atoms. The summed E-state index contributed by atoms with van der Waals surface area (Å²) in [5.74, 6) is 1.04. The Hall–Kier alpha value is -3.01. The van der Waals surface area contributed by atoms with E-state index in [0.717, 1.165) is 0 Å². The monoisotopic (exact) mass is 256 g/mol. The first-order valence-electron chi connectivity index (χ1n) is 5.42. The number of aromatic nitrogens is 2. The van der Waals surface area contributed by atoms with Gasteiger partial charge in [-0.3, -0.25) is 9.89 Å². The number of rotatable bonds is 2. The van der Waals surface area contributed by atoms with Crippen LogP contribution in [0.1, 0.15) is 15.9 Å². The van der Waals surface area contributed by atoms with Crippen molar-refractivity contribution in [2.24, 2.45) is 0 Å². The molecule has 0 saturated heterocycles. The second kappa shape index (κ2) is 4.34. The maximum Gasteiger partial charge on any atom is 0.256 e. The first-order chi connectivity index (χ1) is 9.28. The van der Waals surface area contributed by atoms with Gasteiger partial charge in [-0.2, -0.15) is 10.4 Å². The van der Waals surface area contributed by atoms with Gasteiger partial charge in [0.15, 0.2) is 11.5 Å². The summed E-state index contributed by atoms with van der Waals surface area (Å²) >= 11 is 0. The van der Waals surface area contributed by atoms with E-state index in [1.165, 1.54) is 6.20 Å². The Kier molecular flexibility index (Phi) is 2.54. The third kappa shape index (κ3) is 1.95. The smallest absolute Gasteiger partial charge is 0.256 e. The number of hydrogen-bond acceptors (Lipinski definition) is 5. The number of anilines is 1. The number of amides is 1. The van der Waals surface area contributed by atoms with Gasteiger partial charge in [0.1, 0.15) is 17.5 Å². The SMILES string of the molecule is N#Cc1cn[nH]c1NC(=O)c1ccc2c(c1)OCO2. The molecule has 2 N–H and O–H groups in total. The van der Waals surface area contributed by atoms with E-state index in [0.29, 0.717) is 17.1 Å². The molecule has 2 aromatic rings. The number of fused-ring (bicyclic) bond motifs is 1. The second-order valence-electron chi connectivity index (χ2n) is 3.79. The van der Waals surface area contributed by atoms with Gasteiger partial charge in [-0.15, -0.1) is 0 Å². The minimum atomic E-state index is -0.362. The molecule has 19 heavy (non-hydrogen) atoms. The van der Waals surface area contributed by atoms with Crippen LogP contribution < -0.4 is 14.8 Å². The molecule has 0 aliphatic carbocycles. The Bertz CT molecular complexity index is 687. The van der Waals surface area contributed by atoms with Crippen LogP contribution in [0.2, 0.25) is 0 Å². The molecule has 1 aliphatic heterocycles. The van der Waals surface area contributed by atoms with Crippen molar-refractivity contribution in [1.29, 1.82) is 5.26 Å². The van der Waals surface area contributed by atoms with Crippen molar-refractivity contribution in [3.8, 4) is 17.6 Å². The molecule has 1 aromatic heterocycles. The van der Waals surface area contributed by atoms with Crippen LogP contribution in [0.3, 0.4) is 0 Å². The van der Waals surface area contributed by atoms with E-state index in [1.54, 1.807) is 18.2 Å². The predicted octanol–water partition coefficient (Wildman–Crippen LogP) is 1.26. The lowest BCUT2D eigenvalue weighted by Gasteiger charge is -2.04. The van der Waals surface area contributed by atoms with Gasteiger partial charge in [-0.25, -0.2) is 0 Å². The van der Waals surface area contributed by atoms with Gasteiger partial charge in [0.05, 0.1) is 6.20 Å². The highest BCUT2D eigenvalue weighted by atomic mass is 16.7. The predicted molar refractivity (Wildman–Crippen MR) is 63.8 cm³/mol. The van der Waals surface area contributed by atoms with Crippen LogP contribution in [0.5, 0.6) is 11.5 Å². The molecule has 0 atom stereocenters. The number of ether oxygens (including phenoxy) is 2. The van der Waals surface area contributed by atoms with Crippen LogP contribution in [-0.2, 0) is 0 Å². The van der Waals surface area contributed by atoms with Crippen LogP contribution in [0.25, 0.3) is 0 Å². The quantitative estimate of drug-likeness (QED) is 0.842. The van der Waals surface area contributed by atoms with Crippen molar-refractivity contribution < 1.29 is 14.3 Å². The molecule has 7 heteroatoms. The Labute approximate surface area is 107 Å². The summed E-state index contributed by atoms with van der Waals surface area (Å²) < 4.78 is 10.4. The number of aromatic amines is 1. The molecule has 0 fully saturated rings. The summed E-state index contributed by atoms with van der Waals surface area (Å²) in [6, 6.07) is 6.78. The van der Waals surface area contributed by atoms with Gasteiger partial charge in [0.2, 0.25) is 6.79 Å². The van der Waals surface area contributed by atoms with E-state index in [-0.39, 0.29) is 24.1 Å². The van der Waals surface area contributed by atoms with Gasteiger partial charge in [-0.05, 0) is 18.2 Å². The summed E-state index contributed by atoms with van der Waals surface area (Å²) in [5, 5.41) is 17.6. The van der Waals surface area contributed by atoms with Crippen LogP contribution >= 0.6 is 0 Å². The van der Waals surface area contributed by atoms with E-state index >= 15 is 0 Å². The zero-order valence-electron chi connectivity index (χ0n) is 9.64. The number of nitrogens with zero attached hydrogens (tertiary/aromatic N) is 2. The van der Waals surface area contributed by atoms with Crippen LogP contribution in [-0.4, -0.2) is 22.9 Å². The Morgan fingerprint density at radius 2 is 2.26 bits per heavy atom. The van der Waals surface area contributed by atoms with Gasteiger partial charge < -0.3 is 14.8 Å². The number of hydrogen-bond donors (Lipinski definition) is 2. The average molecular weight is 256 g/mol. The lowest BCUT2D eigenvalue weighted by Crippen LogP contribution is -2.12. The van der Waals surface area contributed by atoms with E-state index in [9.17, 15) is 4.79 Å². The molecule has 0 unspecified atom stereocenters. The summed E-state index contributed by atoms with van der Waals surface area (Å²) in [6.45, 7) is 0.152. The highest BCUT2D eigenvalue weighted by molar-refractivity contribution is 6.04. The van der Waals surface area contributed by atoms with E-state index in [2.05, 4.69) is 15.5 Å². The van der Waals surface area contributed by atoms with Crippen molar-refractivity contribution in [3.05, 3.63) is 35.5 Å². The van der Waals surface area contributed by atoms with E-state index in [1.807, 2.05) is 6.07 Å². The average Bonchev–Trinajstić information content (AvgIpc) is 3.05. The molecule has 0 radical (unpaired) electrons. The Balaban J connectivity index is 1.83. The van der Waals surface area contributed by atoms with Crippen molar-refractivity contribution >= 4 is 11.7 Å². The van der Waals surface area contributed by atoms with Gasteiger partial charge in [0, 0.05) is 5.56 Å². The lowest BCUT2D eigenvalue weighted by molar-refractivity contribution is 0.102. The summed E-state index contributed by atoms with van der Waals surface area (Å²) in [7, 11) is 0. The standard InChI is InChI=1S/C12H8N4O3/c13-4-8-5-14-16-11(8)15-12(17)7-1-2-9-10(3-7)19-6-18-9/h1-3,5H,6H2,(H2,14,15,16,17). The third-order valence-corrected chi connectivity index (χ3v) is 2.63. The minimum absolute atomic E-state index is 0.152. The fourth-order valence-corrected chi connectivity index (χ4v) is 1.69. The molecule has 1 amide bonds. The van der Waals surface area contributed by atoms with Crippen molar-refractivity contribution in [2.75, 3.05) is 12.1 Å². The first kappa shape index (κ1) is 11.1. The summed E-state index contributed by atoms with van der Waals surface area (Å²) in [4.78, 5) is 12.0. The zero-order valence-corrected chi connectivity index (χ0v) is 9.64. The van der Waals surface area contributed by atoms with Gasteiger partial charge >= 0.3 is 0 Å². The molecule has 7 nitrogen and oxygen atoms in total. The maximum absolute atomic E-state index is 12.0. The van der Waals surface area contributed by atoms with Crippen molar-refractivity contribution in [3.63, 3.8) is 0 Å². The Morgan fingerprint density at radius 1 is 1.42 bits per heavy atom. The fraction of sp³-hybridized carbons (Fsp3) is 0.0833. The number of benzene rings is 1. The number of H-pyrrole nitrogens is 1. The molecular formula is C12H8N4O3. The molecule has 3 rings (SSSR count). The molecule has 1 aromatic carbocycles. The van der Waals surface area contributed by atoms with Crippen molar-refractivity contribution in [1.82, 2.24) is 10.2 Å². The Morgan fingerprint density at radius 3 is 3.11 bits per heavy atom. The molecule has 94 valence electrons. The van der Waals surface area contributed by atoms with Gasteiger partial charge in [-0.1, -0.05) is 0 Å². The number of carbonyl (C=O) groups excluding carboxylic acids is 1. The summed E-state index contributed by atoms with van der Waals surface area (Å²) in [6.07, 6.45) is 1.34. The van der Waals surface area contributed by atoms with E-state index in [4.69, 9.17) is 14.7 Å². The van der Waals surface area contributed by atoms with Gasteiger partial charge in [0.25, 0.3) is 5.91 Å². The first-order valence-corrected chi connectivity index (χ1v) is 5.42. The number of nitrogens with one attached hydrogen (secondary N) is 2. The maximum atomic E-state index is 12.0.